The maximum atomic E-state index is 12.1. The van der Waals surface area contributed by atoms with E-state index in [2.05, 4.69) is 15.2 Å². The van der Waals surface area contributed by atoms with Crippen LogP contribution in [0.25, 0.3) is 0 Å². The summed E-state index contributed by atoms with van der Waals surface area (Å²) < 4.78 is 24.2. The number of hydrogen-bond acceptors (Lipinski definition) is 4. The van der Waals surface area contributed by atoms with Gasteiger partial charge in [0.15, 0.2) is 0 Å². The number of carbonyl (C=O) groups is 1. The van der Waals surface area contributed by atoms with E-state index in [1.165, 1.54) is 19.1 Å². The largest absolute Gasteiger partial charge is 0.326 e. The van der Waals surface area contributed by atoms with Crippen LogP contribution in [-0.2, 0) is 14.8 Å². The fourth-order valence-corrected chi connectivity index (χ4v) is 2.72. The fourth-order valence-electron chi connectivity index (χ4n) is 1.84. The van der Waals surface area contributed by atoms with Crippen LogP contribution in [0.2, 0.25) is 0 Å². The number of hydrazone groups is 1. The molecule has 0 unspecified atom stereocenters. The first-order chi connectivity index (χ1) is 10.9. The van der Waals surface area contributed by atoms with Crippen molar-refractivity contribution in [3.8, 4) is 0 Å². The number of carbonyl (C=O) groups excluding carboxylic acids is 1. The van der Waals surface area contributed by atoms with Gasteiger partial charge in [0, 0.05) is 12.6 Å². The van der Waals surface area contributed by atoms with Crippen molar-refractivity contribution in [2.45, 2.75) is 18.7 Å². The molecular weight excluding hydrogens is 314 g/mol. The molecule has 7 heteroatoms. The third-order valence-corrected chi connectivity index (χ3v) is 4.23. The molecule has 0 bridgehead atoms. The van der Waals surface area contributed by atoms with Gasteiger partial charge in [0.2, 0.25) is 5.91 Å². The second kappa shape index (κ2) is 7.06. The maximum Gasteiger partial charge on any atom is 0.276 e. The Morgan fingerprint density at radius 2 is 1.57 bits per heavy atom. The minimum Gasteiger partial charge on any atom is -0.326 e. The first-order valence-electron chi connectivity index (χ1n) is 6.87. The molecule has 23 heavy (non-hydrogen) atoms. The van der Waals surface area contributed by atoms with Crippen LogP contribution in [0.15, 0.2) is 64.6 Å². The van der Waals surface area contributed by atoms with E-state index in [1.807, 2.05) is 0 Å². The smallest absolute Gasteiger partial charge is 0.276 e. The lowest BCUT2D eigenvalue weighted by Gasteiger charge is -2.06. The first kappa shape index (κ1) is 16.7. The Labute approximate surface area is 135 Å². The summed E-state index contributed by atoms with van der Waals surface area (Å²) >= 11 is 0. The Morgan fingerprint density at radius 1 is 0.957 bits per heavy atom. The second-order valence-electron chi connectivity index (χ2n) is 4.86. The van der Waals surface area contributed by atoms with E-state index in [1.54, 1.807) is 49.4 Å². The predicted molar refractivity (Wildman–Crippen MR) is 89.7 cm³/mol. The summed E-state index contributed by atoms with van der Waals surface area (Å²) in [6.45, 7) is 3.12. The molecule has 0 aliphatic carbocycles. The van der Waals surface area contributed by atoms with E-state index < -0.39 is 10.0 Å². The standard InChI is InChI=1S/C16H17N3O3S/c1-12(14-8-10-15(11-9-14)17-13(2)20)18-19-23(21,22)16-6-4-3-5-7-16/h3-11,19H,1-2H3,(H,17,20). The number of anilines is 1. The van der Waals surface area contributed by atoms with Crippen molar-refractivity contribution in [1.82, 2.24) is 4.83 Å². The van der Waals surface area contributed by atoms with Gasteiger partial charge in [-0.3, -0.25) is 4.79 Å². The summed E-state index contributed by atoms with van der Waals surface area (Å²) in [6, 6.07) is 15.0. The van der Waals surface area contributed by atoms with Crippen molar-refractivity contribution in [3.63, 3.8) is 0 Å². The summed E-state index contributed by atoms with van der Waals surface area (Å²) in [4.78, 5) is 13.3. The van der Waals surface area contributed by atoms with Gasteiger partial charge in [0.05, 0.1) is 10.6 Å². The molecule has 0 aliphatic heterocycles. The minimum absolute atomic E-state index is 0.151. The lowest BCUT2D eigenvalue weighted by molar-refractivity contribution is -0.114. The quantitative estimate of drug-likeness (QED) is 0.651. The molecule has 6 nitrogen and oxygen atoms in total. The molecule has 0 heterocycles. The topological polar surface area (TPSA) is 87.6 Å². The average Bonchev–Trinajstić information content (AvgIpc) is 2.54. The van der Waals surface area contributed by atoms with Crippen LogP contribution in [0.5, 0.6) is 0 Å². The molecule has 2 N–H and O–H groups in total. The van der Waals surface area contributed by atoms with Gasteiger partial charge >= 0.3 is 0 Å². The van der Waals surface area contributed by atoms with E-state index in [0.717, 1.165) is 5.56 Å². The van der Waals surface area contributed by atoms with Crippen LogP contribution in [0, 0.1) is 0 Å². The van der Waals surface area contributed by atoms with Gasteiger partial charge in [0.1, 0.15) is 0 Å². The molecule has 1 amide bonds. The number of sulfonamides is 1. The maximum absolute atomic E-state index is 12.1. The van der Waals surface area contributed by atoms with Crippen molar-refractivity contribution >= 4 is 27.3 Å². The van der Waals surface area contributed by atoms with Gasteiger partial charge in [-0.2, -0.15) is 18.4 Å². The third kappa shape index (κ3) is 4.65. The Morgan fingerprint density at radius 3 is 2.13 bits per heavy atom. The van der Waals surface area contributed by atoms with Crippen molar-refractivity contribution in [1.29, 1.82) is 0 Å². The number of benzene rings is 2. The SMILES string of the molecule is CC(=O)Nc1ccc(C(C)=NNS(=O)(=O)c2ccccc2)cc1. The number of nitrogens with zero attached hydrogens (tertiary/aromatic N) is 1. The summed E-state index contributed by atoms with van der Waals surface area (Å²) in [5.41, 5.74) is 1.92. The van der Waals surface area contributed by atoms with Gasteiger partial charge in [-0.05, 0) is 36.8 Å². The highest BCUT2D eigenvalue weighted by Gasteiger charge is 2.12. The Balaban J connectivity index is 2.12. The van der Waals surface area contributed by atoms with Gasteiger partial charge in [-0.25, -0.2) is 0 Å². The second-order valence-corrected chi connectivity index (χ2v) is 6.52. The van der Waals surface area contributed by atoms with Crippen molar-refractivity contribution in [2.24, 2.45) is 5.10 Å². The lowest BCUT2D eigenvalue weighted by atomic mass is 10.1. The average molecular weight is 331 g/mol. The van der Waals surface area contributed by atoms with Crippen LogP contribution in [0.3, 0.4) is 0 Å². The first-order valence-corrected chi connectivity index (χ1v) is 8.36. The monoisotopic (exact) mass is 331 g/mol. The van der Waals surface area contributed by atoms with E-state index in [-0.39, 0.29) is 10.8 Å². The molecular formula is C16H17N3O3S. The van der Waals surface area contributed by atoms with Gasteiger partial charge in [-0.15, -0.1) is 0 Å². The highest BCUT2D eigenvalue weighted by Crippen LogP contribution is 2.11. The minimum atomic E-state index is -3.68. The highest BCUT2D eigenvalue weighted by atomic mass is 32.2. The van der Waals surface area contributed by atoms with E-state index >= 15 is 0 Å². The molecule has 0 radical (unpaired) electrons. The zero-order valence-electron chi connectivity index (χ0n) is 12.8. The zero-order valence-corrected chi connectivity index (χ0v) is 13.6. The highest BCUT2D eigenvalue weighted by molar-refractivity contribution is 7.89. The third-order valence-electron chi connectivity index (χ3n) is 3.01. The van der Waals surface area contributed by atoms with Crippen molar-refractivity contribution < 1.29 is 13.2 Å². The van der Waals surface area contributed by atoms with E-state index in [4.69, 9.17) is 0 Å². The van der Waals surface area contributed by atoms with E-state index in [0.29, 0.717) is 11.4 Å². The number of amides is 1. The summed E-state index contributed by atoms with van der Waals surface area (Å²) in [5.74, 6) is -0.154. The van der Waals surface area contributed by atoms with Crippen LogP contribution in [0.4, 0.5) is 5.69 Å². The molecule has 2 rings (SSSR count). The summed E-state index contributed by atoms with van der Waals surface area (Å²) in [5, 5.41) is 6.58. The molecule has 0 spiro atoms. The van der Waals surface area contributed by atoms with Crippen LogP contribution in [-0.4, -0.2) is 20.0 Å². The van der Waals surface area contributed by atoms with Crippen molar-refractivity contribution in [2.75, 3.05) is 5.32 Å². The molecule has 2 aromatic rings. The molecule has 2 aromatic carbocycles. The molecule has 0 aromatic heterocycles. The molecule has 0 aliphatic rings. The van der Waals surface area contributed by atoms with Crippen LogP contribution < -0.4 is 10.1 Å². The molecule has 120 valence electrons. The van der Waals surface area contributed by atoms with Crippen LogP contribution >= 0.6 is 0 Å². The Kier molecular flexibility index (Phi) is 5.13. The van der Waals surface area contributed by atoms with Gasteiger partial charge in [0.25, 0.3) is 10.0 Å². The molecule has 0 saturated carbocycles. The van der Waals surface area contributed by atoms with Crippen LogP contribution in [0.1, 0.15) is 19.4 Å². The predicted octanol–water partition coefficient (Wildman–Crippen LogP) is 2.35. The number of rotatable bonds is 5. The summed E-state index contributed by atoms with van der Waals surface area (Å²) in [6.07, 6.45) is 0. The number of hydrogen-bond donors (Lipinski definition) is 2. The Hall–Kier alpha value is -2.67. The number of nitrogens with one attached hydrogen (secondary N) is 2. The molecule has 0 fully saturated rings. The normalized spacial score (nSPS) is 11.8. The summed E-state index contributed by atoms with van der Waals surface area (Å²) in [7, 11) is -3.68. The zero-order chi connectivity index (χ0) is 16.9. The molecule has 0 saturated heterocycles. The fraction of sp³-hybridized carbons (Fsp3) is 0.125. The molecule has 0 atom stereocenters. The lowest BCUT2D eigenvalue weighted by Crippen LogP contribution is -2.19. The van der Waals surface area contributed by atoms with Gasteiger partial charge in [-0.1, -0.05) is 30.3 Å². The van der Waals surface area contributed by atoms with Gasteiger partial charge < -0.3 is 5.32 Å². The van der Waals surface area contributed by atoms with E-state index in [9.17, 15) is 13.2 Å². The van der Waals surface area contributed by atoms with Crippen molar-refractivity contribution in [3.05, 3.63) is 60.2 Å². The Bertz CT molecular complexity index is 813.